The summed E-state index contributed by atoms with van der Waals surface area (Å²) in [6, 6.07) is 8.14. The first-order chi connectivity index (χ1) is 11.5. The van der Waals surface area contributed by atoms with Crippen LogP contribution in [0.25, 0.3) is 0 Å². The number of hydrazone groups is 1. The van der Waals surface area contributed by atoms with E-state index in [0.717, 1.165) is 38.8 Å². The highest BCUT2D eigenvalue weighted by atomic mass is 32.2. The summed E-state index contributed by atoms with van der Waals surface area (Å²) in [5, 5.41) is 21.1. The van der Waals surface area contributed by atoms with Crippen molar-refractivity contribution in [3.8, 4) is 12.1 Å². The number of hydrogen-bond donors (Lipinski definition) is 1. The number of sulfone groups is 1. The topological polar surface area (TPSA) is 109 Å². The minimum absolute atomic E-state index is 0.278. The molecule has 1 aromatic carbocycles. The van der Waals surface area contributed by atoms with Gasteiger partial charge in [-0.15, -0.1) is 0 Å². The van der Waals surface area contributed by atoms with Crippen molar-refractivity contribution >= 4 is 26.9 Å². The lowest BCUT2D eigenvalue weighted by molar-refractivity contribution is 0.601. The van der Waals surface area contributed by atoms with Crippen LogP contribution in [0.15, 0.2) is 28.2 Å². The first-order valence-electron chi connectivity index (χ1n) is 7.68. The monoisotopic (exact) mass is 345 g/mol. The summed E-state index contributed by atoms with van der Waals surface area (Å²) in [6.07, 6.45) is 5.51. The quantitative estimate of drug-likeness (QED) is 0.662. The first-order valence-corrected chi connectivity index (χ1v) is 9.58. The van der Waals surface area contributed by atoms with E-state index in [1.807, 2.05) is 0 Å². The standard InChI is InChI=1S/C16H19N5O2S/c1-24(22,23)16-7-6-13(19-20-14(11-17)12-18)10-15(16)21-8-4-2-3-5-9-21/h6-7,10,19H,2-5,8-9H2,1H3. The summed E-state index contributed by atoms with van der Waals surface area (Å²) < 4.78 is 24.2. The molecule has 2 rings (SSSR count). The number of nitrogens with one attached hydrogen (secondary N) is 1. The molecule has 1 aliphatic rings. The molecule has 1 N–H and O–H groups in total. The molecule has 0 spiro atoms. The zero-order valence-corrected chi connectivity index (χ0v) is 14.3. The summed E-state index contributed by atoms with van der Waals surface area (Å²) in [7, 11) is -3.36. The molecule has 24 heavy (non-hydrogen) atoms. The van der Waals surface area contributed by atoms with Gasteiger partial charge in [-0.1, -0.05) is 12.8 Å². The number of nitrogens with zero attached hydrogens (tertiary/aromatic N) is 4. The Bertz CT molecular complexity index is 794. The van der Waals surface area contributed by atoms with E-state index in [1.165, 1.54) is 12.3 Å². The van der Waals surface area contributed by atoms with Crippen LogP contribution in [0.5, 0.6) is 0 Å². The molecule has 0 radical (unpaired) electrons. The fraction of sp³-hybridized carbons (Fsp3) is 0.438. The summed E-state index contributed by atoms with van der Waals surface area (Å²) in [5.74, 6) is 0. The smallest absolute Gasteiger partial charge is 0.237 e. The van der Waals surface area contributed by atoms with Gasteiger partial charge in [0.05, 0.1) is 16.3 Å². The Kier molecular flexibility index (Phi) is 5.78. The van der Waals surface area contributed by atoms with Gasteiger partial charge in [0.2, 0.25) is 5.71 Å². The van der Waals surface area contributed by atoms with Crippen molar-refractivity contribution in [3.63, 3.8) is 0 Å². The molecule has 0 aromatic heterocycles. The third-order valence-corrected chi connectivity index (χ3v) is 4.96. The molecule has 0 unspecified atom stereocenters. The van der Waals surface area contributed by atoms with Crippen LogP contribution in [0, 0.1) is 22.7 Å². The molecule has 8 heteroatoms. The van der Waals surface area contributed by atoms with E-state index in [-0.39, 0.29) is 10.6 Å². The molecule has 1 saturated heterocycles. The van der Waals surface area contributed by atoms with Gasteiger partial charge in [0.25, 0.3) is 0 Å². The predicted octanol–water partition coefficient (Wildman–Crippen LogP) is 2.29. The van der Waals surface area contributed by atoms with Gasteiger partial charge in [-0.25, -0.2) is 8.42 Å². The van der Waals surface area contributed by atoms with Crippen LogP contribution in [0.1, 0.15) is 25.7 Å². The molecular formula is C16H19N5O2S. The van der Waals surface area contributed by atoms with Crippen LogP contribution in [0.3, 0.4) is 0 Å². The summed E-state index contributed by atoms with van der Waals surface area (Å²) >= 11 is 0. The maximum Gasteiger partial charge on any atom is 0.237 e. The molecule has 1 aromatic rings. The largest absolute Gasteiger partial charge is 0.370 e. The molecule has 1 heterocycles. The Hall–Kier alpha value is -2.58. The average molecular weight is 345 g/mol. The maximum absolute atomic E-state index is 12.1. The van der Waals surface area contributed by atoms with Crippen molar-refractivity contribution in [1.29, 1.82) is 10.5 Å². The first kappa shape index (κ1) is 17.8. The minimum atomic E-state index is -3.36. The van der Waals surface area contributed by atoms with Crippen LogP contribution < -0.4 is 10.3 Å². The van der Waals surface area contributed by atoms with Gasteiger partial charge < -0.3 is 4.90 Å². The number of nitriles is 2. The maximum atomic E-state index is 12.1. The Morgan fingerprint density at radius 1 is 1.17 bits per heavy atom. The molecular weight excluding hydrogens is 326 g/mol. The molecule has 0 atom stereocenters. The molecule has 0 amide bonds. The highest BCUT2D eigenvalue weighted by Crippen LogP contribution is 2.30. The van der Waals surface area contributed by atoms with E-state index in [1.54, 1.807) is 24.3 Å². The van der Waals surface area contributed by atoms with Crippen molar-refractivity contribution in [2.75, 3.05) is 29.7 Å². The Labute approximate surface area is 142 Å². The van der Waals surface area contributed by atoms with Crippen LogP contribution in [0.4, 0.5) is 11.4 Å². The SMILES string of the molecule is CS(=O)(=O)c1ccc(NN=C(C#N)C#N)cc1N1CCCCCC1. The van der Waals surface area contributed by atoms with Crippen LogP contribution >= 0.6 is 0 Å². The van der Waals surface area contributed by atoms with Crippen molar-refractivity contribution in [1.82, 2.24) is 0 Å². The fourth-order valence-corrected chi connectivity index (χ4v) is 3.54. The molecule has 0 aliphatic carbocycles. The van der Waals surface area contributed by atoms with Gasteiger partial charge >= 0.3 is 0 Å². The van der Waals surface area contributed by atoms with Gasteiger partial charge in [0, 0.05) is 19.3 Å². The third kappa shape index (κ3) is 4.46. The molecule has 7 nitrogen and oxygen atoms in total. The predicted molar refractivity (Wildman–Crippen MR) is 92.5 cm³/mol. The van der Waals surface area contributed by atoms with Gasteiger partial charge in [-0.05, 0) is 31.0 Å². The lowest BCUT2D eigenvalue weighted by atomic mass is 10.2. The van der Waals surface area contributed by atoms with E-state index >= 15 is 0 Å². The van der Waals surface area contributed by atoms with Crippen molar-refractivity contribution in [3.05, 3.63) is 18.2 Å². The molecule has 1 fully saturated rings. The van der Waals surface area contributed by atoms with E-state index in [2.05, 4.69) is 15.4 Å². The third-order valence-electron chi connectivity index (χ3n) is 3.81. The van der Waals surface area contributed by atoms with Gasteiger partial charge in [0.1, 0.15) is 12.1 Å². The Balaban J connectivity index is 2.41. The average Bonchev–Trinajstić information content (AvgIpc) is 2.84. The van der Waals surface area contributed by atoms with Crippen LogP contribution in [0.2, 0.25) is 0 Å². The van der Waals surface area contributed by atoms with Crippen molar-refractivity contribution in [2.24, 2.45) is 5.10 Å². The second-order valence-corrected chi connectivity index (χ2v) is 7.64. The highest BCUT2D eigenvalue weighted by molar-refractivity contribution is 7.90. The van der Waals surface area contributed by atoms with E-state index < -0.39 is 9.84 Å². The molecule has 0 saturated carbocycles. The highest BCUT2D eigenvalue weighted by Gasteiger charge is 2.20. The van der Waals surface area contributed by atoms with Gasteiger partial charge in [0.15, 0.2) is 9.84 Å². The zero-order valence-electron chi connectivity index (χ0n) is 13.5. The lowest BCUT2D eigenvalue weighted by Crippen LogP contribution is -2.25. The fourth-order valence-electron chi connectivity index (χ4n) is 2.65. The zero-order chi connectivity index (χ0) is 17.6. The summed E-state index contributed by atoms with van der Waals surface area (Å²) in [5.41, 5.74) is 3.52. The van der Waals surface area contributed by atoms with Crippen molar-refractivity contribution in [2.45, 2.75) is 30.6 Å². The second-order valence-electron chi connectivity index (χ2n) is 5.65. The van der Waals surface area contributed by atoms with E-state index in [0.29, 0.717) is 11.4 Å². The van der Waals surface area contributed by atoms with Gasteiger partial charge in [-0.2, -0.15) is 15.6 Å². The van der Waals surface area contributed by atoms with E-state index in [9.17, 15) is 8.42 Å². The number of rotatable bonds is 4. The normalized spacial score (nSPS) is 14.9. The Morgan fingerprint density at radius 3 is 2.33 bits per heavy atom. The molecule has 126 valence electrons. The summed E-state index contributed by atoms with van der Waals surface area (Å²) in [6.45, 7) is 1.60. The molecule has 1 aliphatic heterocycles. The summed E-state index contributed by atoms with van der Waals surface area (Å²) in [4.78, 5) is 2.35. The second kappa shape index (κ2) is 7.80. The van der Waals surface area contributed by atoms with Crippen LogP contribution in [-0.2, 0) is 9.84 Å². The number of benzene rings is 1. The van der Waals surface area contributed by atoms with Crippen LogP contribution in [-0.4, -0.2) is 33.5 Å². The van der Waals surface area contributed by atoms with E-state index in [4.69, 9.17) is 10.5 Å². The number of anilines is 2. The van der Waals surface area contributed by atoms with Crippen molar-refractivity contribution < 1.29 is 8.42 Å². The minimum Gasteiger partial charge on any atom is -0.370 e. The van der Waals surface area contributed by atoms with Gasteiger partial charge in [-0.3, -0.25) is 5.43 Å². The Morgan fingerprint density at radius 2 is 1.79 bits per heavy atom. The molecule has 0 bridgehead atoms. The number of hydrogen-bond acceptors (Lipinski definition) is 7. The lowest BCUT2D eigenvalue weighted by Gasteiger charge is -2.25.